The van der Waals surface area contributed by atoms with Crippen LogP contribution < -0.4 is 9.47 Å². The highest BCUT2D eigenvalue weighted by molar-refractivity contribution is 7.90. The molecule has 3 aromatic rings. The maximum Gasteiger partial charge on any atom is 0.244 e. The van der Waals surface area contributed by atoms with Crippen molar-refractivity contribution in [2.45, 2.75) is 82.8 Å². The number of aromatic nitrogens is 1. The van der Waals surface area contributed by atoms with Gasteiger partial charge in [-0.3, -0.25) is 9.78 Å². The topological polar surface area (TPSA) is 85.8 Å². The van der Waals surface area contributed by atoms with E-state index < -0.39 is 27.3 Å². The van der Waals surface area contributed by atoms with Crippen molar-refractivity contribution in [1.82, 2.24) is 9.29 Å². The quantitative estimate of drug-likeness (QED) is 0.281. The van der Waals surface area contributed by atoms with E-state index in [0.29, 0.717) is 17.4 Å². The Bertz CT molecular complexity index is 1640. The Morgan fingerprint density at radius 1 is 0.932 bits per heavy atom. The summed E-state index contributed by atoms with van der Waals surface area (Å²) in [5.74, 6) is 0.139. The van der Waals surface area contributed by atoms with E-state index in [9.17, 15) is 8.42 Å². The third-order valence-corrected chi connectivity index (χ3v) is 13.5. The van der Waals surface area contributed by atoms with Gasteiger partial charge in [-0.1, -0.05) is 50.2 Å². The fraction of sp³-hybridized carbons (Fsp3) is 0.500. The van der Waals surface area contributed by atoms with Crippen molar-refractivity contribution < 1.29 is 22.7 Å². The van der Waals surface area contributed by atoms with E-state index in [2.05, 4.69) is 18.8 Å². The minimum atomic E-state index is -3.82. The predicted octanol–water partition coefficient (Wildman–Crippen LogP) is 6.69. The van der Waals surface area contributed by atoms with Gasteiger partial charge in [-0.2, -0.15) is 0 Å². The molecular weight excluding hydrogens is 572 g/mol. The van der Waals surface area contributed by atoms with E-state index in [1.807, 2.05) is 60.7 Å². The molecule has 3 aliphatic carbocycles. The summed E-state index contributed by atoms with van der Waals surface area (Å²) in [4.78, 5) is 19.4. The maximum absolute atomic E-state index is 15.1. The number of rotatable bonds is 8. The summed E-state index contributed by atoms with van der Waals surface area (Å²) in [6.45, 7) is 4.43. The number of nitrogens with zero attached hydrogens (tertiary/aromatic N) is 2. The molecule has 2 aromatic carbocycles. The first-order valence-electron chi connectivity index (χ1n) is 16.0. The lowest BCUT2D eigenvalue weighted by Crippen LogP contribution is -2.46. The van der Waals surface area contributed by atoms with Crippen LogP contribution in [0, 0.1) is 16.7 Å². The van der Waals surface area contributed by atoms with E-state index in [4.69, 9.17) is 9.47 Å². The van der Waals surface area contributed by atoms with E-state index >= 15 is 4.79 Å². The number of carbonyl (C=O) groups excluding carboxylic acids is 1. The van der Waals surface area contributed by atoms with Gasteiger partial charge in [0.1, 0.15) is 0 Å². The van der Waals surface area contributed by atoms with Crippen LogP contribution in [-0.2, 0) is 14.8 Å². The zero-order valence-electron chi connectivity index (χ0n) is 25.8. The van der Waals surface area contributed by atoms with Gasteiger partial charge in [0.15, 0.2) is 11.5 Å². The van der Waals surface area contributed by atoms with Gasteiger partial charge in [-0.15, -0.1) is 0 Å². The smallest absolute Gasteiger partial charge is 0.244 e. The van der Waals surface area contributed by atoms with Crippen molar-refractivity contribution in [3.8, 4) is 11.5 Å². The summed E-state index contributed by atoms with van der Waals surface area (Å²) in [6, 6.07) is 19.2. The first-order chi connectivity index (χ1) is 21.2. The highest BCUT2D eigenvalue weighted by Gasteiger charge is 2.72. The number of amides is 1. The van der Waals surface area contributed by atoms with E-state index in [1.165, 1.54) is 4.31 Å². The number of benzene rings is 2. The fourth-order valence-electron chi connectivity index (χ4n) is 9.17. The number of hydrogen-bond acceptors (Lipinski definition) is 6. The molecule has 1 aromatic heterocycles. The minimum Gasteiger partial charge on any atom is -0.493 e. The summed E-state index contributed by atoms with van der Waals surface area (Å²) >= 11 is 0. The zero-order valence-corrected chi connectivity index (χ0v) is 26.6. The summed E-state index contributed by atoms with van der Waals surface area (Å²) in [6.07, 6.45) is 10.4. The third-order valence-electron chi connectivity index (χ3n) is 11.6. The Morgan fingerprint density at radius 2 is 1.66 bits per heavy atom. The second-order valence-electron chi connectivity index (χ2n) is 13.8. The van der Waals surface area contributed by atoms with Crippen molar-refractivity contribution in [2.24, 2.45) is 16.7 Å². The van der Waals surface area contributed by atoms with Gasteiger partial charge in [0, 0.05) is 23.7 Å². The molecule has 1 spiro atoms. The monoisotopic (exact) mass is 614 g/mol. The lowest BCUT2D eigenvalue weighted by molar-refractivity contribution is -0.131. The second-order valence-corrected chi connectivity index (χ2v) is 15.7. The molecule has 4 fully saturated rings. The normalized spacial score (nSPS) is 28.0. The van der Waals surface area contributed by atoms with E-state index in [0.717, 1.165) is 61.6 Å². The first-order valence-corrected chi connectivity index (χ1v) is 17.6. The fourth-order valence-corrected chi connectivity index (χ4v) is 11.7. The highest BCUT2D eigenvalue weighted by Crippen LogP contribution is 2.70. The van der Waals surface area contributed by atoms with Crippen LogP contribution in [0.3, 0.4) is 0 Å². The molecule has 7 rings (SSSR count). The van der Waals surface area contributed by atoms with Crippen LogP contribution in [0.5, 0.6) is 11.5 Å². The van der Waals surface area contributed by atoms with Gasteiger partial charge in [0.25, 0.3) is 0 Å². The van der Waals surface area contributed by atoms with Crippen LogP contribution in [0.1, 0.15) is 87.3 Å². The molecule has 7 nitrogen and oxygen atoms in total. The van der Waals surface area contributed by atoms with E-state index in [-0.39, 0.29) is 29.2 Å². The summed E-state index contributed by atoms with van der Waals surface area (Å²) in [5.41, 5.74) is 2.01. The second kappa shape index (κ2) is 10.9. The van der Waals surface area contributed by atoms with Crippen molar-refractivity contribution in [2.75, 3.05) is 12.9 Å². The molecule has 3 saturated carbocycles. The van der Waals surface area contributed by atoms with E-state index in [1.54, 1.807) is 19.5 Å². The van der Waals surface area contributed by atoms with Gasteiger partial charge in [-0.25, -0.2) is 12.7 Å². The highest BCUT2D eigenvalue weighted by atomic mass is 32.2. The third kappa shape index (κ3) is 4.55. The molecule has 2 heterocycles. The van der Waals surface area contributed by atoms with Crippen molar-refractivity contribution >= 4 is 15.9 Å². The number of sulfonamides is 1. The predicted molar refractivity (Wildman–Crippen MR) is 169 cm³/mol. The molecule has 2 bridgehead atoms. The Hall–Kier alpha value is -3.39. The largest absolute Gasteiger partial charge is 0.493 e. The standard InChI is InChI=1S/C36H42N2O5S/c1-35(2)27-15-18-36(35)23-44(40,41)38(31(36)22-27)34(39)33(25-16-19-37-20-17-25)32(24-9-5-4-6-10-24)26-13-14-29(42-3)30(21-26)43-28-11-7-8-12-28/h4-6,9-10,13-14,16-17,19-21,27-28,31-33H,7-8,11-12,15,18,22-23H2,1-3H3/t27?,31?,32-,33?,36+/m1/s1. The molecule has 8 heteroatoms. The van der Waals surface area contributed by atoms with Crippen LogP contribution in [0.2, 0.25) is 0 Å². The molecule has 1 amide bonds. The summed E-state index contributed by atoms with van der Waals surface area (Å²) in [7, 11) is -2.18. The molecule has 4 aliphatic rings. The minimum absolute atomic E-state index is 0.0425. The lowest BCUT2D eigenvalue weighted by Gasteiger charge is -2.38. The summed E-state index contributed by atoms with van der Waals surface area (Å²) in [5, 5.41) is 0. The lowest BCUT2D eigenvalue weighted by atomic mass is 9.69. The SMILES string of the molecule is COc1ccc([C@@H](c2ccccc2)C(C(=O)N2C3CC4CC[C@@]3(CS2(=O)=O)C4(C)C)c2ccncc2)cc1OC1CCCC1. The molecule has 232 valence electrons. The van der Waals surface area contributed by atoms with Crippen LogP contribution in [0.4, 0.5) is 0 Å². The van der Waals surface area contributed by atoms with Crippen molar-refractivity contribution in [3.05, 3.63) is 89.7 Å². The molecule has 44 heavy (non-hydrogen) atoms. The molecule has 1 saturated heterocycles. The average Bonchev–Trinajstić information content (AvgIpc) is 3.73. The number of hydrogen-bond donors (Lipinski definition) is 0. The van der Waals surface area contributed by atoms with Crippen LogP contribution in [-0.4, -0.2) is 48.6 Å². The maximum atomic E-state index is 15.1. The first kappa shape index (κ1) is 29.3. The zero-order chi connectivity index (χ0) is 30.7. The average molecular weight is 615 g/mol. The Morgan fingerprint density at radius 3 is 2.34 bits per heavy atom. The Labute approximate surface area is 261 Å². The summed E-state index contributed by atoms with van der Waals surface area (Å²) < 4.78 is 41.7. The van der Waals surface area contributed by atoms with Crippen LogP contribution in [0.25, 0.3) is 0 Å². The number of fused-ring (bicyclic) bond motifs is 1. The number of ether oxygens (including phenoxy) is 2. The van der Waals surface area contributed by atoms with Gasteiger partial charge >= 0.3 is 0 Å². The van der Waals surface area contributed by atoms with Gasteiger partial charge < -0.3 is 9.47 Å². The van der Waals surface area contributed by atoms with Gasteiger partial charge in [0.2, 0.25) is 15.9 Å². The molecular formula is C36H42N2O5S. The number of methoxy groups -OCH3 is 1. The van der Waals surface area contributed by atoms with Gasteiger partial charge in [-0.05, 0) is 97.2 Å². The molecule has 3 unspecified atom stereocenters. The van der Waals surface area contributed by atoms with Crippen molar-refractivity contribution in [3.63, 3.8) is 0 Å². The molecule has 1 aliphatic heterocycles. The Balaban J connectivity index is 1.37. The molecule has 5 atom stereocenters. The molecule has 0 radical (unpaired) electrons. The Kier molecular flexibility index (Phi) is 7.26. The number of pyridine rings is 1. The van der Waals surface area contributed by atoms with Crippen LogP contribution >= 0.6 is 0 Å². The number of carbonyl (C=O) groups is 1. The van der Waals surface area contributed by atoms with Gasteiger partial charge in [0.05, 0.1) is 30.9 Å². The van der Waals surface area contributed by atoms with Crippen molar-refractivity contribution in [1.29, 1.82) is 0 Å². The molecule has 0 N–H and O–H groups in total. The van der Waals surface area contributed by atoms with Crippen LogP contribution in [0.15, 0.2) is 73.1 Å².